The Kier molecular flexibility index (Phi) is 5.25. The molecule has 0 saturated carbocycles. The van der Waals surface area contributed by atoms with Gasteiger partial charge in [0.1, 0.15) is 16.4 Å². The maximum absolute atomic E-state index is 12.6. The highest BCUT2D eigenvalue weighted by atomic mass is 16.6. The fourth-order valence-corrected chi connectivity index (χ4v) is 2.46. The Morgan fingerprint density at radius 2 is 1.83 bits per heavy atom. The van der Waals surface area contributed by atoms with Crippen LogP contribution < -0.4 is 10.6 Å². The van der Waals surface area contributed by atoms with Crippen LogP contribution in [0.3, 0.4) is 0 Å². The Hall–Kier alpha value is -4.22. The van der Waals surface area contributed by atoms with Crippen LogP contribution >= 0.6 is 0 Å². The first-order chi connectivity index (χ1) is 13.8. The van der Waals surface area contributed by atoms with Crippen LogP contribution in [0.2, 0.25) is 0 Å². The van der Waals surface area contributed by atoms with Gasteiger partial charge in [-0.05, 0) is 19.1 Å². The van der Waals surface area contributed by atoms with E-state index in [1.807, 2.05) is 0 Å². The van der Waals surface area contributed by atoms with Crippen LogP contribution in [-0.2, 0) is 18.9 Å². The number of nitrogens with zero attached hydrogens (tertiary/aromatic N) is 5. The minimum Gasteiger partial charge on any atom is -0.401 e. The fraction of sp³-hybridized carbons (Fsp3) is 0.176. The molecule has 12 nitrogen and oxygen atoms in total. The second-order valence-electron chi connectivity index (χ2n) is 6.01. The summed E-state index contributed by atoms with van der Waals surface area (Å²) in [4.78, 5) is 34.7. The minimum absolute atomic E-state index is 0.142. The first-order valence-electron chi connectivity index (χ1n) is 8.31. The number of aryl methyl sites for hydroxylation is 2. The summed E-state index contributed by atoms with van der Waals surface area (Å²) in [6.07, 6.45) is 5.27. The topological polar surface area (TPSA) is 150 Å². The van der Waals surface area contributed by atoms with Crippen molar-refractivity contribution < 1.29 is 18.9 Å². The average Bonchev–Trinajstić information content (AvgIpc) is 3.36. The van der Waals surface area contributed by atoms with Gasteiger partial charge in [0.2, 0.25) is 5.91 Å². The lowest BCUT2D eigenvalue weighted by molar-refractivity contribution is -0.402. The lowest BCUT2D eigenvalue weighted by Crippen LogP contribution is -2.19. The molecule has 0 aromatic carbocycles. The van der Waals surface area contributed by atoms with Crippen molar-refractivity contribution in [2.45, 2.75) is 6.92 Å². The van der Waals surface area contributed by atoms with Gasteiger partial charge in [-0.15, -0.1) is 0 Å². The number of aromatic nitrogens is 4. The van der Waals surface area contributed by atoms with Crippen molar-refractivity contribution in [2.75, 3.05) is 10.6 Å². The van der Waals surface area contributed by atoms with E-state index in [0.717, 1.165) is 11.8 Å². The van der Waals surface area contributed by atoms with Gasteiger partial charge in [0, 0.05) is 20.2 Å². The third-order valence-corrected chi connectivity index (χ3v) is 4.09. The number of carbonyl (C=O) groups is 2. The van der Waals surface area contributed by atoms with Gasteiger partial charge in [-0.3, -0.25) is 29.1 Å². The standard InChI is InChI=1S/C17H17N7O5/c1-10-12(8-18-22(10)2)21-17(26)16-13(9-19-23(16)3)20-14(25)6-4-11-5-7-15(29-11)24(27)28/h4-9H,1-3H3,(H,20,25)(H,21,26)/b6-4+. The highest BCUT2D eigenvalue weighted by Gasteiger charge is 2.20. The molecule has 0 spiro atoms. The van der Waals surface area contributed by atoms with Crippen molar-refractivity contribution in [1.29, 1.82) is 0 Å². The van der Waals surface area contributed by atoms with Gasteiger partial charge in [0.05, 0.1) is 35.5 Å². The lowest BCUT2D eigenvalue weighted by Gasteiger charge is -2.08. The highest BCUT2D eigenvalue weighted by Crippen LogP contribution is 2.19. The van der Waals surface area contributed by atoms with Crippen LogP contribution in [0.15, 0.2) is 35.0 Å². The number of nitrogens with one attached hydrogen (secondary N) is 2. The number of furan rings is 1. The molecule has 2 amide bonds. The zero-order chi connectivity index (χ0) is 21.1. The fourth-order valence-electron chi connectivity index (χ4n) is 2.46. The second kappa shape index (κ2) is 7.80. The van der Waals surface area contributed by atoms with Crippen molar-refractivity contribution in [2.24, 2.45) is 14.1 Å². The monoisotopic (exact) mass is 399 g/mol. The van der Waals surface area contributed by atoms with E-state index in [0.29, 0.717) is 5.69 Å². The predicted octanol–water partition coefficient (Wildman–Crippen LogP) is 1.87. The maximum Gasteiger partial charge on any atom is 0.433 e. The molecule has 0 aliphatic heterocycles. The van der Waals surface area contributed by atoms with E-state index in [1.54, 1.807) is 25.7 Å². The van der Waals surface area contributed by atoms with Crippen LogP contribution in [-0.4, -0.2) is 36.3 Å². The van der Waals surface area contributed by atoms with Gasteiger partial charge in [0.25, 0.3) is 5.91 Å². The molecule has 2 N–H and O–H groups in total. The van der Waals surface area contributed by atoms with Gasteiger partial charge in [0.15, 0.2) is 0 Å². The van der Waals surface area contributed by atoms with E-state index in [4.69, 9.17) is 4.42 Å². The average molecular weight is 399 g/mol. The minimum atomic E-state index is -0.679. The summed E-state index contributed by atoms with van der Waals surface area (Å²) in [5.74, 6) is -1.32. The molecule has 12 heteroatoms. The van der Waals surface area contributed by atoms with E-state index < -0.39 is 22.6 Å². The van der Waals surface area contributed by atoms with Gasteiger partial charge in [-0.2, -0.15) is 10.2 Å². The molecular formula is C17H17N7O5. The van der Waals surface area contributed by atoms with Crippen molar-refractivity contribution >= 4 is 35.1 Å². The van der Waals surface area contributed by atoms with E-state index in [1.165, 1.54) is 35.3 Å². The van der Waals surface area contributed by atoms with Crippen LogP contribution in [0.4, 0.5) is 17.3 Å². The molecule has 3 aromatic rings. The molecule has 0 aliphatic rings. The number of hydrogen-bond donors (Lipinski definition) is 2. The van der Waals surface area contributed by atoms with Gasteiger partial charge < -0.3 is 15.1 Å². The quantitative estimate of drug-likeness (QED) is 0.365. The summed E-state index contributed by atoms with van der Waals surface area (Å²) < 4.78 is 7.88. The largest absolute Gasteiger partial charge is 0.433 e. The first-order valence-corrected chi connectivity index (χ1v) is 8.31. The Morgan fingerprint density at radius 1 is 1.14 bits per heavy atom. The summed E-state index contributed by atoms with van der Waals surface area (Å²) in [5.41, 5.74) is 1.65. The zero-order valence-electron chi connectivity index (χ0n) is 15.7. The van der Waals surface area contributed by atoms with E-state index in [9.17, 15) is 19.7 Å². The molecule has 0 atom stereocenters. The third kappa shape index (κ3) is 4.21. The van der Waals surface area contributed by atoms with E-state index in [2.05, 4.69) is 20.8 Å². The maximum atomic E-state index is 12.6. The van der Waals surface area contributed by atoms with Gasteiger partial charge in [-0.1, -0.05) is 0 Å². The Morgan fingerprint density at radius 3 is 2.45 bits per heavy atom. The first kappa shape index (κ1) is 19.5. The van der Waals surface area contributed by atoms with Gasteiger partial charge in [-0.25, -0.2) is 0 Å². The predicted molar refractivity (Wildman–Crippen MR) is 102 cm³/mol. The van der Waals surface area contributed by atoms with Crippen LogP contribution in [0.5, 0.6) is 0 Å². The normalized spacial score (nSPS) is 11.0. The Labute approximate surface area is 163 Å². The van der Waals surface area contributed by atoms with Crippen molar-refractivity contribution in [1.82, 2.24) is 19.6 Å². The van der Waals surface area contributed by atoms with Crippen molar-refractivity contribution in [3.8, 4) is 0 Å². The van der Waals surface area contributed by atoms with E-state index in [-0.39, 0.29) is 17.1 Å². The molecular weight excluding hydrogens is 382 g/mol. The molecule has 0 bridgehead atoms. The zero-order valence-corrected chi connectivity index (χ0v) is 15.7. The summed E-state index contributed by atoms with van der Waals surface area (Å²) in [7, 11) is 3.32. The third-order valence-electron chi connectivity index (χ3n) is 4.09. The van der Waals surface area contributed by atoms with Crippen LogP contribution in [0.25, 0.3) is 6.08 Å². The van der Waals surface area contributed by atoms with Crippen molar-refractivity contribution in [3.05, 3.63) is 57.9 Å². The molecule has 3 aromatic heterocycles. The number of hydrogen-bond acceptors (Lipinski definition) is 7. The Bertz CT molecular complexity index is 1120. The highest BCUT2D eigenvalue weighted by molar-refractivity contribution is 6.10. The molecule has 3 heterocycles. The molecule has 150 valence electrons. The number of carbonyl (C=O) groups excluding carboxylic acids is 2. The van der Waals surface area contributed by atoms with Crippen molar-refractivity contribution in [3.63, 3.8) is 0 Å². The molecule has 0 radical (unpaired) electrons. The molecule has 0 fully saturated rings. The summed E-state index contributed by atoms with van der Waals surface area (Å²) >= 11 is 0. The summed E-state index contributed by atoms with van der Waals surface area (Å²) in [5, 5.41) is 23.9. The molecule has 29 heavy (non-hydrogen) atoms. The lowest BCUT2D eigenvalue weighted by atomic mass is 10.3. The van der Waals surface area contributed by atoms with Crippen LogP contribution in [0.1, 0.15) is 21.9 Å². The second-order valence-corrected chi connectivity index (χ2v) is 6.01. The number of rotatable bonds is 6. The number of nitro groups is 1. The summed E-state index contributed by atoms with van der Waals surface area (Å²) in [6.45, 7) is 1.80. The number of anilines is 2. The molecule has 0 aliphatic carbocycles. The number of amides is 2. The summed E-state index contributed by atoms with van der Waals surface area (Å²) in [6, 6.07) is 2.54. The van der Waals surface area contributed by atoms with Gasteiger partial charge >= 0.3 is 5.88 Å². The Balaban J connectivity index is 1.72. The molecule has 0 unspecified atom stereocenters. The smallest absolute Gasteiger partial charge is 0.401 e. The van der Waals surface area contributed by atoms with Crippen LogP contribution in [0, 0.1) is 17.0 Å². The van der Waals surface area contributed by atoms with E-state index >= 15 is 0 Å². The SMILES string of the molecule is Cc1c(NC(=O)c2c(NC(=O)/C=C/c3ccc([N+](=O)[O-])o3)cnn2C)cnn1C. The molecule has 0 saturated heterocycles. The molecule has 3 rings (SSSR count).